The van der Waals surface area contributed by atoms with Crippen LogP contribution < -0.4 is 10.3 Å². The molecule has 0 bridgehead atoms. The number of benzene rings is 2. The topological polar surface area (TPSA) is 47.4 Å². The predicted molar refractivity (Wildman–Crippen MR) is 112 cm³/mol. The highest BCUT2D eigenvalue weighted by Crippen LogP contribution is 2.24. The van der Waals surface area contributed by atoms with Crippen LogP contribution in [-0.4, -0.2) is 34.1 Å². The first-order valence-corrected chi connectivity index (χ1v) is 10.2. The summed E-state index contributed by atoms with van der Waals surface area (Å²) in [6, 6.07) is 15.3. The minimum Gasteiger partial charge on any atom is -0.492 e. The molecule has 1 aliphatic rings. The van der Waals surface area contributed by atoms with Crippen molar-refractivity contribution in [3.63, 3.8) is 0 Å². The number of nitrogens with zero attached hydrogens (tertiary/aromatic N) is 3. The molecule has 0 saturated carbocycles. The van der Waals surface area contributed by atoms with E-state index in [2.05, 4.69) is 4.90 Å². The average Bonchev–Trinajstić information content (AvgIpc) is 2.98. The fourth-order valence-corrected chi connectivity index (χ4v) is 3.95. The van der Waals surface area contributed by atoms with E-state index in [0.717, 1.165) is 30.1 Å². The monoisotopic (exact) mass is 377 g/mol. The summed E-state index contributed by atoms with van der Waals surface area (Å²) in [6.07, 6.45) is 4.96. The van der Waals surface area contributed by atoms with E-state index in [9.17, 15) is 4.79 Å². The summed E-state index contributed by atoms with van der Waals surface area (Å²) < 4.78 is 7.57. The van der Waals surface area contributed by atoms with Crippen LogP contribution >= 0.6 is 0 Å². The maximum atomic E-state index is 13.5. The standard InChI is InChI=1S/C23H27N3O2/c1-2-28-21-14-8-7-13-20(21)26-22(17-25-15-9-3-4-10-16-25)24-19-12-6-5-11-18(19)23(26)27/h5-8,11-14H,2-4,9-10,15-17H2,1H3. The van der Waals surface area contributed by atoms with Crippen LogP contribution in [0.15, 0.2) is 53.3 Å². The quantitative estimate of drug-likeness (QED) is 0.670. The van der Waals surface area contributed by atoms with Crippen LogP contribution in [0.5, 0.6) is 5.75 Å². The lowest BCUT2D eigenvalue weighted by Crippen LogP contribution is -2.31. The van der Waals surface area contributed by atoms with E-state index in [4.69, 9.17) is 9.72 Å². The van der Waals surface area contributed by atoms with Gasteiger partial charge in [0.05, 0.1) is 29.7 Å². The lowest BCUT2D eigenvalue weighted by molar-refractivity contribution is 0.267. The van der Waals surface area contributed by atoms with Crippen molar-refractivity contribution in [2.45, 2.75) is 39.2 Å². The Balaban J connectivity index is 1.88. The second-order valence-electron chi connectivity index (χ2n) is 7.28. The molecular formula is C23H27N3O2. The first-order valence-electron chi connectivity index (χ1n) is 10.2. The minimum atomic E-state index is -0.0393. The van der Waals surface area contributed by atoms with Gasteiger partial charge in [0.25, 0.3) is 5.56 Å². The number of rotatable bonds is 5. The van der Waals surface area contributed by atoms with Gasteiger partial charge in [-0.1, -0.05) is 37.1 Å². The zero-order valence-electron chi connectivity index (χ0n) is 16.4. The average molecular weight is 377 g/mol. The number of hydrogen-bond donors (Lipinski definition) is 0. The number of likely N-dealkylation sites (tertiary alicyclic amines) is 1. The maximum Gasteiger partial charge on any atom is 0.266 e. The van der Waals surface area contributed by atoms with Crippen molar-refractivity contribution in [2.24, 2.45) is 0 Å². The molecule has 0 unspecified atom stereocenters. The number of aromatic nitrogens is 2. The molecule has 0 aliphatic carbocycles. The summed E-state index contributed by atoms with van der Waals surface area (Å²) >= 11 is 0. The summed E-state index contributed by atoms with van der Waals surface area (Å²) in [5, 5.41) is 0.633. The van der Waals surface area contributed by atoms with Gasteiger partial charge in [0.15, 0.2) is 0 Å². The minimum absolute atomic E-state index is 0.0393. The SMILES string of the molecule is CCOc1ccccc1-n1c(CN2CCCCCC2)nc2ccccc2c1=O. The van der Waals surface area contributed by atoms with Crippen molar-refractivity contribution in [1.29, 1.82) is 0 Å². The van der Waals surface area contributed by atoms with E-state index in [1.807, 2.05) is 55.5 Å². The zero-order chi connectivity index (χ0) is 19.3. The first-order chi connectivity index (χ1) is 13.8. The summed E-state index contributed by atoms with van der Waals surface area (Å²) in [5.41, 5.74) is 1.47. The van der Waals surface area contributed by atoms with Crippen molar-refractivity contribution >= 4 is 10.9 Å². The Kier molecular flexibility index (Phi) is 5.72. The molecule has 1 fully saturated rings. The van der Waals surface area contributed by atoms with Crippen molar-refractivity contribution in [1.82, 2.24) is 14.5 Å². The molecule has 1 aliphatic heterocycles. The molecule has 5 nitrogen and oxygen atoms in total. The highest BCUT2D eigenvalue weighted by atomic mass is 16.5. The van der Waals surface area contributed by atoms with Gasteiger partial charge in [-0.25, -0.2) is 4.98 Å². The van der Waals surface area contributed by atoms with Crippen LogP contribution in [0.25, 0.3) is 16.6 Å². The molecule has 146 valence electrons. The summed E-state index contributed by atoms with van der Waals surface area (Å²) in [7, 11) is 0. The molecular weight excluding hydrogens is 350 g/mol. The van der Waals surface area contributed by atoms with Gasteiger partial charge in [-0.3, -0.25) is 14.3 Å². The third-order valence-electron chi connectivity index (χ3n) is 5.31. The number of hydrogen-bond acceptors (Lipinski definition) is 4. The molecule has 0 atom stereocenters. The first kappa shape index (κ1) is 18.7. The van der Waals surface area contributed by atoms with Gasteiger partial charge in [0.2, 0.25) is 0 Å². The zero-order valence-corrected chi connectivity index (χ0v) is 16.4. The van der Waals surface area contributed by atoms with Gasteiger partial charge in [0.1, 0.15) is 11.6 Å². The Labute approximate surface area is 165 Å². The van der Waals surface area contributed by atoms with E-state index < -0.39 is 0 Å². The number of ether oxygens (including phenoxy) is 1. The molecule has 0 N–H and O–H groups in total. The van der Waals surface area contributed by atoms with Crippen LogP contribution in [0, 0.1) is 0 Å². The van der Waals surface area contributed by atoms with Crippen molar-refractivity contribution < 1.29 is 4.74 Å². The van der Waals surface area contributed by atoms with Crippen molar-refractivity contribution in [3.8, 4) is 11.4 Å². The normalized spacial score (nSPS) is 15.5. The second kappa shape index (κ2) is 8.57. The lowest BCUT2D eigenvalue weighted by atomic mass is 10.2. The van der Waals surface area contributed by atoms with E-state index in [1.165, 1.54) is 25.7 Å². The van der Waals surface area contributed by atoms with Crippen molar-refractivity contribution in [2.75, 3.05) is 19.7 Å². The van der Waals surface area contributed by atoms with E-state index in [1.54, 1.807) is 4.57 Å². The van der Waals surface area contributed by atoms with Gasteiger partial charge in [-0.05, 0) is 57.1 Å². The Morgan fingerprint density at radius 2 is 1.68 bits per heavy atom. The Morgan fingerprint density at radius 1 is 0.964 bits per heavy atom. The molecule has 3 aromatic rings. The fraction of sp³-hybridized carbons (Fsp3) is 0.391. The molecule has 5 heteroatoms. The van der Waals surface area contributed by atoms with Gasteiger partial charge < -0.3 is 4.74 Å². The van der Waals surface area contributed by atoms with Crippen LogP contribution in [-0.2, 0) is 6.54 Å². The molecule has 0 spiro atoms. The third-order valence-corrected chi connectivity index (χ3v) is 5.31. The number of fused-ring (bicyclic) bond motifs is 1. The van der Waals surface area contributed by atoms with Gasteiger partial charge in [-0.15, -0.1) is 0 Å². The molecule has 0 radical (unpaired) electrons. The molecule has 4 rings (SSSR count). The van der Waals surface area contributed by atoms with E-state index in [-0.39, 0.29) is 5.56 Å². The van der Waals surface area contributed by atoms with Crippen LogP contribution in [0.2, 0.25) is 0 Å². The highest BCUT2D eigenvalue weighted by molar-refractivity contribution is 5.78. The third kappa shape index (κ3) is 3.80. The second-order valence-corrected chi connectivity index (χ2v) is 7.28. The fourth-order valence-electron chi connectivity index (χ4n) is 3.95. The van der Waals surface area contributed by atoms with Gasteiger partial charge in [0, 0.05) is 0 Å². The van der Waals surface area contributed by atoms with E-state index >= 15 is 0 Å². The summed E-state index contributed by atoms with van der Waals surface area (Å²) in [5.74, 6) is 1.49. The lowest BCUT2D eigenvalue weighted by Gasteiger charge is -2.23. The summed E-state index contributed by atoms with van der Waals surface area (Å²) in [6.45, 7) is 5.27. The van der Waals surface area contributed by atoms with Gasteiger partial charge in [-0.2, -0.15) is 0 Å². The number of para-hydroxylation sites is 3. The van der Waals surface area contributed by atoms with Crippen LogP contribution in [0.1, 0.15) is 38.4 Å². The van der Waals surface area contributed by atoms with Gasteiger partial charge >= 0.3 is 0 Å². The molecule has 1 saturated heterocycles. The smallest absolute Gasteiger partial charge is 0.266 e. The summed E-state index contributed by atoms with van der Waals surface area (Å²) in [4.78, 5) is 20.8. The Morgan fingerprint density at radius 3 is 2.46 bits per heavy atom. The maximum absolute atomic E-state index is 13.5. The molecule has 2 aromatic carbocycles. The molecule has 2 heterocycles. The Bertz CT molecular complexity index is 1000. The predicted octanol–water partition coefficient (Wildman–Crippen LogP) is 4.16. The molecule has 28 heavy (non-hydrogen) atoms. The van der Waals surface area contributed by atoms with Crippen molar-refractivity contribution in [3.05, 3.63) is 64.7 Å². The van der Waals surface area contributed by atoms with Crippen LogP contribution in [0.4, 0.5) is 0 Å². The van der Waals surface area contributed by atoms with E-state index in [0.29, 0.717) is 24.3 Å². The Hall–Kier alpha value is -2.66. The highest BCUT2D eigenvalue weighted by Gasteiger charge is 2.19. The molecule has 1 aromatic heterocycles. The van der Waals surface area contributed by atoms with Crippen LogP contribution in [0.3, 0.4) is 0 Å². The molecule has 0 amide bonds. The largest absolute Gasteiger partial charge is 0.492 e.